The summed E-state index contributed by atoms with van der Waals surface area (Å²) in [6.07, 6.45) is 1.53. The number of likely N-dealkylation sites (N-methyl/N-ethyl adjacent to an activating group) is 1. The van der Waals surface area contributed by atoms with Crippen molar-refractivity contribution in [2.45, 2.75) is 13.5 Å². The first-order valence-electron chi connectivity index (χ1n) is 6.03. The number of hydrogen-bond acceptors (Lipinski definition) is 5. The van der Waals surface area contributed by atoms with Crippen LogP contribution in [0.3, 0.4) is 0 Å². The third-order valence-electron chi connectivity index (χ3n) is 2.65. The van der Waals surface area contributed by atoms with Crippen molar-refractivity contribution in [1.82, 2.24) is 19.9 Å². The van der Waals surface area contributed by atoms with Crippen LogP contribution in [-0.4, -0.2) is 50.0 Å². The average Bonchev–Trinajstić information content (AvgIpc) is 3.07. The number of carbonyl (C=O) groups excluding carboxylic acids is 1. The highest BCUT2D eigenvalue weighted by molar-refractivity contribution is 7.09. The van der Waals surface area contributed by atoms with Gasteiger partial charge in [-0.2, -0.15) is 0 Å². The number of aliphatic carboxylic acids is 1. The van der Waals surface area contributed by atoms with Gasteiger partial charge in [-0.05, 0) is 18.4 Å². The molecule has 0 saturated heterocycles. The molecule has 0 aromatic carbocycles. The molecule has 0 bridgehead atoms. The molecular formula is C12H14N4O3S. The molecule has 0 radical (unpaired) electrons. The monoisotopic (exact) mass is 294 g/mol. The molecule has 1 N–H and O–H groups in total. The highest BCUT2D eigenvalue weighted by atomic mass is 32.1. The summed E-state index contributed by atoms with van der Waals surface area (Å²) in [5.74, 6) is -1.47. The van der Waals surface area contributed by atoms with Gasteiger partial charge in [0.15, 0.2) is 5.69 Å². The number of rotatable bonds is 6. The molecule has 20 heavy (non-hydrogen) atoms. The second kappa shape index (κ2) is 6.29. The SMILES string of the molecule is CCN(CC(=O)O)C(=O)c1cn(Cc2cccs2)nn1. The third-order valence-corrected chi connectivity index (χ3v) is 3.51. The molecule has 0 unspecified atom stereocenters. The van der Waals surface area contributed by atoms with Crippen molar-refractivity contribution in [3.8, 4) is 0 Å². The molecule has 2 rings (SSSR count). The summed E-state index contributed by atoms with van der Waals surface area (Å²) in [6.45, 7) is 2.23. The Hall–Kier alpha value is -2.22. The number of aromatic nitrogens is 3. The smallest absolute Gasteiger partial charge is 0.323 e. The van der Waals surface area contributed by atoms with Crippen LogP contribution in [0, 0.1) is 0 Å². The van der Waals surface area contributed by atoms with Gasteiger partial charge in [0.1, 0.15) is 6.54 Å². The van der Waals surface area contributed by atoms with E-state index in [-0.39, 0.29) is 12.2 Å². The van der Waals surface area contributed by atoms with Crippen LogP contribution in [0.2, 0.25) is 0 Å². The lowest BCUT2D eigenvalue weighted by atomic mass is 10.3. The van der Waals surface area contributed by atoms with Crippen molar-refractivity contribution >= 4 is 23.2 Å². The normalized spacial score (nSPS) is 10.4. The maximum Gasteiger partial charge on any atom is 0.323 e. The minimum atomic E-state index is -1.05. The lowest BCUT2D eigenvalue weighted by molar-refractivity contribution is -0.137. The van der Waals surface area contributed by atoms with E-state index < -0.39 is 11.9 Å². The maximum atomic E-state index is 12.1. The number of thiophene rings is 1. The maximum absolute atomic E-state index is 12.1. The Kier molecular flexibility index (Phi) is 4.46. The highest BCUT2D eigenvalue weighted by Gasteiger charge is 2.19. The summed E-state index contributed by atoms with van der Waals surface area (Å²) in [5.41, 5.74) is 0.157. The number of nitrogens with zero attached hydrogens (tertiary/aromatic N) is 4. The summed E-state index contributed by atoms with van der Waals surface area (Å²) >= 11 is 1.59. The van der Waals surface area contributed by atoms with Gasteiger partial charge in [0.2, 0.25) is 0 Å². The van der Waals surface area contributed by atoms with E-state index in [1.54, 1.807) is 22.9 Å². The Morgan fingerprint density at radius 3 is 2.90 bits per heavy atom. The van der Waals surface area contributed by atoms with E-state index >= 15 is 0 Å². The summed E-state index contributed by atoms with van der Waals surface area (Å²) < 4.78 is 1.56. The Bertz CT molecular complexity index is 594. The summed E-state index contributed by atoms with van der Waals surface area (Å²) in [7, 11) is 0. The molecule has 0 aliphatic rings. The Labute approximate surface area is 119 Å². The van der Waals surface area contributed by atoms with Crippen LogP contribution < -0.4 is 0 Å². The van der Waals surface area contributed by atoms with Crippen LogP contribution in [0.1, 0.15) is 22.3 Å². The fourth-order valence-corrected chi connectivity index (χ4v) is 2.38. The van der Waals surface area contributed by atoms with Gasteiger partial charge in [-0.25, -0.2) is 4.68 Å². The first kappa shape index (κ1) is 14.2. The molecule has 0 saturated carbocycles. The predicted octanol–water partition coefficient (Wildman–Crippen LogP) is 0.935. The molecule has 1 amide bonds. The fraction of sp³-hybridized carbons (Fsp3) is 0.333. The molecule has 7 nitrogen and oxygen atoms in total. The summed E-state index contributed by atoms with van der Waals surface area (Å²) in [5, 5.41) is 18.4. The molecule has 0 spiro atoms. The summed E-state index contributed by atoms with van der Waals surface area (Å²) in [4.78, 5) is 25.1. The summed E-state index contributed by atoms with van der Waals surface area (Å²) in [6, 6.07) is 3.91. The Morgan fingerprint density at radius 2 is 2.30 bits per heavy atom. The van der Waals surface area contributed by atoms with Gasteiger partial charge in [-0.1, -0.05) is 11.3 Å². The second-order valence-electron chi connectivity index (χ2n) is 4.09. The zero-order valence-electron chi connectivity index (χ0n) is 10.9. The van der Waals surface area contributed by atoms with Gasteiger partial charge in [-0.15, -0.1) is 16.4 Å². The number of amides is 1. The standard InChI is InChI=1S/C12H14N4O3S/c1-2-15(8-11(17)18)12(19)10-7-16(14-13-10)6-9-4-3-5-20-9/h3-5,7H,2,6,8H2,1H3,(H,17,18). The topological polar surface area (TPSA) is 88.3 Å². The van der Waals surface area contributed by atoms with Crippen molar-refractivity contribution in [2.75, 3.05) is 13.1 Å². The molecule has 0 atom stereocenters. The Morgan fingerprint density at radius 1 is 1.50 bits per heavy atom. The molecule has 0 aliphatic carbocycles. The predicted molar refractivity (Wildman–Crippen MR) is 72.7 cm³/mol. The lowest BCUT2D eigenvalue weighted by Gasteiger charge is -2.16. The zero-order valence-corrected chi connectivity index (χ0v) is 11.7. The molecule has 106 valence electrons. The molecule has 0 fully saturated rings. The largest absolute Gasteiger partial charge is 0.480 e. The second-order valence-corrected chi connectivity index (χ2v) is 5.13. The van der Waals surface area contributed by atoms with Crippen LogP contribution in [0.4, 0.5) is 0 Å². The van der Waals surface area contributed by atoms with Gasteiger partial charge in [0.05, 0.1) is 12.7 Å². The zero-order chi connectivity index (χ0) is 14.5. The van der Waals surface area contributed by atoms with Crippen molar-refractivity contribution in [3.05, 3.63) is 34.3 Å². The van der Waals surface area contributed by atoms with Gasteiger partial charge in [0, 0.05) is 11.4 Å². The first-order valence-corrected chi connectivity index (χ1v) is 6.91. The van der Waals surface area contributed by atoms with E-state index in [1.165, 1.54) is 11.1 Å². The Balaban J connectivity index is 2.07. The van der Waals surface area contributed by atoms with Crippen molar-refractivity contribution < 1.29 is 14.7 Å². The van der Waals surface area contributed by atoms with E-state index in [4.69, 9.17) is 5.11 Å². The number of hydrogen-bond donors (Lipinski definition) is 1. The van der Waals surface area contributed by atoms with E-state index in [0.717, 1.165) is 4.88 Å². The average molecular weight is 294 g/mol. The van der Waals surface area contributed by atoms with Gasteiger partial charge >= 0.3 is 5.97 Å². The van der Waals surface area contributed by atoms with E-state index in [1.807, 2.05) is 17.5 Å². The molecule has 8 heteroatoms. The third kappa shape index (κ3) is 3.41. The van der Waals surface area contributed by atoms with E-state index in [9.17, 15) is 9.59 Å². The number of carboxylic acid groups (broad SMARTS) is 1. The van der Waals surface area contributed by atoms with Crippen LogP contribution >= 0.6 is 11.3 Å². The van der Waals surface area contributed by atoms with Crippen LogP contribution in [-0.2, 0) is 11.3 Å². The van der Waals surface area contributed by atoms with E-state index in [2.05, 4.69) is 10.3 Å². The van der Waals surface area contributed by atoms with Crippen molar-refractivity contribution in [1.29, 1.82) is 0 Å². The van der Waals surface area contributed by atoms with Crippen molar-refractivity contribution in [3.63, 3.8) is 0 Å². The minimum Gasteiger partial charge on any atom is -0.480 e. The number of carbonyl (C=O) groups is 2. The molecule has 2 heterocycles. The highest BCUT2D eigenvalue weighted by Crippen LogP contribution is 2.10. The van der Waals surface area contributed by atoms with Crippen LogP contribution in [0.25, 0.3) is 0 Å². The van der Waals surface area contributed by atoms with Crippen LogP contribution in [0.5, 0.6) is 0 Å². The minimum absolute atomic E-state index is 0.157. The van der Waals surface area contributed by atoms with Crippen molar-refractivity contribution in [2.24, 2.45) is 0 Å². The quantitative estimate of drug-likeness (QED) is 0.856. The molecule has 2 aromatic heterocycles. The molecule has 0 aliphatic heterocycles. The number of carboxylic acids is 1. The van der Waals surface area contributed by atoms with Gasteiger partial charge in [-0.3, -0.25) is 9.59 Å². The van der Waals surface area contributed by atoms with Gasteiger partial charge < -0.3 is 10.0 Å². The molecule has 2 aromatic rings. The molecular weight excluding hydrogens is 280 g/mol. The van der Waals surface area contributed by atoms with Gasteiger partial charge in [0.25, 0.3) is 5.91 Å². The lowest BCUT2D eigenvalue weighted by Crippen LogP contribution is -2.35. The fourth-order valence-electron chi connectivity index (χ4n) is 1.69. The van der Waals surface area contributed by atoms with Crippen LogP contribution in [0.15, 0.2) is 23.7 Å². The van der Waals surface area contributed by atoms with E-state index in [0.29, 0.717) is 13.1 Å². The first-order chi connectivity index (χ1) is 9.60.